The molecule has 0 aliphatic carbocycles. The largest absolute Gasteiger partial charge is 0.351 e. The molecule has 0 saturated carbocycles. The summed E-state index contributed by atoms with van der Waals surface area (Å²) in [4.78, 5) is 0. The fraction of sp³-hybridized carbons (Fsp3) is 0.0769. The van der Waals surface area contributed by atoms with Gasteiger partial charge in [-0.1, -0.05) is 34.1 Å². The van der Waals surface area contributed by atoms with Gasteiger partial charge in [-0.05, 0) is 35.9 Å². The molecule has 0 radical (unpaired) electrons. The molecule has 1 aromatic carbocycles. The summed E-state index contributed by atoms with van der Waals surface area (Å²) in [6, 6.07) is 12.4. The molecule has 1 heterocycles. The first-order chi connectivity index (χ1) is 7.25. The smallest absolute Gasteiger partial charge is 0.0404 e. The molecule has 0 atom stereocenters. The Kier molecular flexibility index (Phi) is 3.07. The molecule has 1 aromatic heterocycles. The van der Waals surface area contributed by atoms with Crippen LogP contribution in [0.5, 0.6) is 0 Å². The Balaban J connectivity index is 2.19. The van der Waals surface area contributed by atoms with Gasteiger partial charge in [0.1, 0.15) is 0 Å². The topological polar surface area (TPSA) is 4.93 Å². The molecule has 0 aliphatic heterocycles. The molecule has 0 aliphatic rings. The number of aryl methyl sites for hydroxylation is 1. The van der Waals surface area contributed by atoms with Gasteiger partial charge >= 0.3 is 0 Å². The van der Waals surface area contributed by atoms with Crippen LogP contribution in [0.2, 0.25) is 0 Å². The molecule has 76 valence electrons. The third kappa shape index (κ3) is 2.60. The maximum Gasteiger partial charge on any atom is 0.0404 e. The van der Waals surface area contributed by atoms with Crippen LogP contribution < -0.4 is 0 Å². The summed E-state index contributed by atoms with van der Waals surface area (Å²) in [6.07, 6.45) is 6.27. The molecule has 0 amide bonds. The predicted octanol–water partition coefficient (Wildman–Crippen LogP) is 3.96. The van der Waals surface area contributed by atoms with Crippen LogP contribution in [0, 0.1) is 0 Å². The first kappa shape index (κ1) is 10.2. The average Bonchev–Trinajstić information content (AvgIpc) is 2.63. The van der Waals surface area contributed by atoms with Crippen LogP contribution in [0.4, 0.5) is 0 Å². The highest BCUT2D eigenvalue weighted by atomic mass is 79.9. The number of rotatable bonds is 2. The van der Waals surface area contributed by atoms with Crippen molar-refractivity contribution in [2.24, 2.45) is 7.05 Å². The van der Waals surface area contributed by atoms with E-state index in [-0.39, 0.29) is 0 Å². The quantitative estimate of drug-likeness (QED) is 0.772. The maximum atomic E-state index is 3.42. The Morgan fingerprint density at radius 2 is 1.80 bits per heavy atom. The fourth-order valence-electron chi connectivity index (χ4n) is 1.40. The lowest BCUT2D eigenvalue weighted by molar-refractivity contribution is 0.915. The molecular formula is C13H12BrN. The minimum Gasteiger partial charge on any atom is -0.351 e. The van der Waals surface area contributed by atoms with Crippen molar-refractivity contribution in [3.05, 3.63) is 58.3 Å². The van der Waals surface area contributed by atoms with E-state index in [0.717, 1.165) is 4.47 Å². The Morgan fingerprint density at radius 3 is 2.40 bits per heavy atom. The SMILES string of the molecule is Cn1cccc1/C=C/c1ccc(Br)cc1. The number of halogens is 1. The molecule has 0 fully saturated rings. The fourth-order valence-corrected chi connectivity index (χ4v) is 1.67. The van der Waals surface area contributed by atoms with E-state index in [9.17, 15) is 0 Å². The minimum atomic E-state index is 1.11. The van der Waals surface area contributed by atoms with Gasteiger partial charge in [-0.15, -0.1) is 0 Å². The Labute approximate surface area is 98.2 Å². The van der Waals surface area contributed by atoms with E-state index < -0.39 is 0 Å². The summed E-state index contributed by atoms with van der Waals surface area (Å²) < 4.78 is 3.20. The minimum absolute atomic E-state index is 1.11. The van der Waals surface area contributed by atoms with Crippen LogP contribution in [0.3, 0.4) is 0 Å². The van der Waals surface area contributed by atoms with E-state index in [4.69, 9.17) is 0 Å². The number of hydrogen-bond donors (Lipinski definition) is 0. The van der Waals surface area contributed by atoms with E-state index in [1.165, 1.54) is 11.3 Å². The summed E-state index contributed by atoms with van der Waals surface area (Å²) in [5.74, 6) is 0. The first-order valence-corrected chi connectivity index (χ1v) is 5.60. The van der Waals surface area contributed by atoms with Crippen LogP contribution >= 0.6 is 15.9 Å². The van der Waals surface area contributed by atoms with E-state index >= 15 is 0 Å². The van der Waals surface area contributed by atoms with Crippen molar-refractivity contribution in [3.8, 4) is 0 Å². The molecule has 15 heavy (non-hydrogen) atoms. The van der Waals surface area contributed by atoms with Crippen LogP contribution in [-0.2, 0) is 7.05 Å². The van der Waals surface area contributed by atoms with Gasteiger partial charge < -0.3 is 4.57 Å². The Bertz CT molecular complexity index is 466. The van der Waals surface area contributed by atoms with Crippen molar-refractivity contribution in [3.63, 3.8) is 0 Å². The summed E-state index contributed by atoms with van der Waals surface area (Å²) in [7, 11) is 2.04. The van der Waals surface area contributed by atoms with Gasteiger partial charge in [0.05, 0.1) is 0 Å². The van der Waals surface area contributed by atoms with Crippen LogP contribution in [0.25, 0.3) is 12.2 Å². The summed E-state index contributed by atoms with van der Waals surface area (Å²) in [5, 5.41) is 0. The van der Waals surface area contributed by atoms with E-state index in [1.807, 2.05) is 31.4 Å². The second-order valence-corrected chi connectivity index (χ2v) is 4.34. The molecule has 2 rings (SSSR count). The zero-order valence-corrected chi connectivity index (χ0v) is 10.1. The third-order valence-electron chi connectivity index (χ3n) is 2.30. The first-order valence-electron chi connectivity index (χ1n) is 4.81. The van der Waals surface area contributed by atoms with Crippen LogP contribution in [-0.4, -0.2) is 4.57 Å². The summed E-state index contributed by atoms with van der Waals surface area (Å²) in [6.45, 7) is 0. The highest BCUT2D eigenvalue weighted by molar-refractivity contribution is 9.10. The summed E-state index contributed by atoms with van der Waals surface area (Å²) >= 11 is 3.42. The lowest BCUT2D eigenvalue weighted by atomic mass is 10.2. The third-order valence-corrected chi connectivity index (χ3v) is 2.83. The zero-order valence-electron chi connectivity index (χ0n) is 8.52. The molecule has 0 bridgehead atoms. The monoisotopic (exact) mass is 261 g/mol. The maximum absolute atomic E-state index is 3.42. The van der Waals surface area contributed by atoms with Crippen molar-refractivity contribution in [2.75, 3.05) is 0 Å². The molecule has 2 heteroatoms. The second kappa shape index (κ2) is 4.49. The van der Waals surface area contributed by atoms with E-state index in [2.05, 4.69) is 50.8 Å². The van der Waals surface area contributed by atoms with Crippen molar-refractivity contribution in [2.45, 2.75) is 0 Å². The summed E-state index contributed by atoms with van der Waals surface area (Å²) in [5.41, 5.74) is 2.41. The van der Waals surface area contributed by atoms with Crippen molar-refractivity contribution in [1.82, 2.24) is 4.57 Å². The molecule has 1 nitrogen and oxygen atoms in total. The average molecular weight is 262 g/mol. The van der Waals surface area contributed by atoms with E-state index in [0.29, 0.717) is 0 Å². The van der Waals surface area contributed by atoms with Gasteiger partial charge in [0.15, 0.2) is 0 Å². The van der Waals surface area contributed by atoms with Crippen LogP contribution in [0.15, 0.2) is 47.1 Å². The highest BCUT2D eigenvalue weighted by Crippen LogP contribution is 2.13. The highest BCUT2D eigenvalue weighted by Gasteiger charge is 1.91. The molecular weight excluding hydrogens is 250 g/mol. The normalized spacial score (nSPS) is 11.1. The molecule has 0 unspecified atom stereocenters. The second-order valence-electron chi connectivity index (χ2n) is 3.43. The molecule has 0 spiro atoms. The van der Waals surface area contributed by atoms with Crippen LogP contribution in [0.1, 0.15) is 11.3 Å². The van der Waals surface area contributed by atoms with Gasteiger partial charge in [-0.2, -0.15) is 0 Å². The van der Waals surface area contributed by atoms with Gasteiger partial charge in [0, 0.05) is 23.4 Å². The predicted molar refractivity (Wildman–Crippen MR) is 68.5 cm³/mol. The standard InChI is InChI=1S/C13H12BrN/c1-15-10-2-3-13(15)9-6-11-4-7-12(14)8-5-11/h2-10H,1H3/b9-6+. The van der Waals surface area contributed by atoms with Gasteiger partial charge in [-0.3, -0.25) is 0 Å². The molecule has 0 saturated heterocycles. The molecule has 0 N–H and O–H groups in total. The van der Waals surface area contributed by atoms with Crippen molar-refractivity contribution >= 4 is 28.1 Å². The number of nitrogens with zero attached hydrogens (tertiary/aromatic N) is 1. The number of benzene rings is 1. The number of aromatic nitrogens is 1. The number of hydrogen-bond acceptors (Lipinski definition) is 0. The lowest BCUT2D eigenvalue weighted by Gasteiger charge is -1.96. The van der Waals surface area contributed by atoms with Gasteiger partial charge in [-0.25, -0.2) is 0 Å². The van der Waals surface area contributed by atoms with Crippen molar-refractivity contribution < 1.29 is 0 Å². The van der Waals surface area contributed by atoms with Gasteiger partial charge in [0.25, 0.3) is 0 Å². The van der Waals surface area contributed by atoms with E-state index in [1.54, 1.807) is 0 Å². The van der Waals surface area contributed by atoms with Crippen molar-refractivity contribution in [1.29, 1.82) is 0 Å². The Hall–Kier alpha value is -1.28. The lowest BCUT2D eigenvalue weighted by Crippen LogP contribution is -1.86. The van der Waals surface area contributed by atoms with Gasteiger partial charge in [0.2, 0.25) is 0 Å². The zero-order chi connectivity index (χ0) is 10.7. The Morgan fingerprint density at radius 1 is 1.07 bits per heavy atom. The molecule has 2 aromatic rings.